The number of hydrogen-bond acceptors (Lipinski definition) is 3. The smallest absolute Gasteiger partial charge is 0.308 e. The number of nitrogens with zero attached hydrogens (tertiary/aromatic N) is 1. The molecule has 1 saturated heterocycles. The van der Waals surface area contributed by atoms with Gasteiger partial charge >= 0.3 is 5.97 Å². The first kappa shape index (κ1) is 20.9. The van der Waals surface area contributed by atoms with Gasteiger partial charge in [0.25, 0.3) is 0 Å². The highest BCUT2D eigenvalue weighted by atomic mass is 16.4. The van der Waals surface area contributed by atoms with Crippen molar-refractivity contribution in [1.82, 2.24) is 10.2 Å². The molecule has 1 aliphatic heterocycles. The summed E-state index contributed by atoms with van der Waals surface area (Å²) >= 11 is 0. The zero-order chi connectivity index (χ0) is 20.1. The van der Waals surface area contributed by atoms with Gasteiger partial charge in [0, 0.05) is 25.4 Å². The lowest BCUT2D eigenvalue weighted by Crippen LogP contribution is -2.51. The Morgan fingerprint density at radius 3 is 2.26 bits per heavy atom. The van der Waals surface area contributed by atoms with E-state index in [1.807, 2.05) is 58.0 Å². The van der Waals surface area contributed by atoms with E-state index in [1.165, 1.54) is 0 Å². The van der Waals surface area contributed by atoms with Gasteiger partial charge in [-0.1, -0.05) is 58.0 Å². The fourth-order valence-electron chi connectivity index (χ4n) is 3.59. The van der Waals surface area contributed by atoms with Gasteiger partial charge in [0.15, 0.2) is 0 Å². The van der Waals surface area contributed by atoms with Crippen molar-refractivity contribution >= 4 is 17.8 Å². The minimum Gasteiger partial charge on any atom is -0.481 e. The summed E-state index contributed by atoms with van der Waals surface area (Å²) in [5.41, 5.74) is 0.921. The molecule has 6 nitrogen and oxygen atoms in total. The Morgan fingerprint density at radius 2 is 1.74 bits per heavy atom. The fourth-order valence-corrected chi connectivity index (χ4v) is 3.59. The van der Waals surface area contributed by atoms with Crippen LogP contribution in [0.3, 0.4) is 0 Å². The number of carboxylic acids is 1. The number of hydrogen-bond donors (Lipinski definition) is 2. The van der Waals surface area contributed by atoms with Crippen molar-refractivity contribution in [3.63, 3.8) is 0 Å². The predicted molar refractivity (Wildman–Crippen MR) is 103 cm³/mol. The van der Waals surface area contributed by atoms with Crippen molar-refractivity contribution in [2.24, 2.45) is 17.8 Å². The van der Waals surface area contributed by atoms with Gasteiger partial charge in [-0.25, -0.2) is 0 Å². The second kappa shape index (κ2) is 9.02. The average Bonchev–Trinajstić information content (AvgIpc) is 3.04. The Morgan fingerprint density at radius 1 is 1.11 bits per heavy atom. The molecule has 6 heteroatoms. The monoisotopic (exact) mass is 374 g/mol. The molecule has 1 aromatic carbocycles. The van der Waals surface area contributed by atoms with Crippen molar-refractivity contribution in [2.45, 2.75) is 46.1 Å². The number of amides is 2. The largest absolute Gasteiger partial charge is 0.481 e. The summed E-state index contributed by atoms with van der Waals surface area (Å²) in [6.07, 6.45) is 0.362. The topological polar surface area (TPSA) is 86.7 Å². The molecule has 0 aromatic heterocycles. The number of carbonyl (C=O) groups is 3. The van der Waals surface area contributed by atoms with E-state index in [0.717, 1.165) is 5.56 Å². The second-order valence-corrected chi connectivity index (χ2v) is 8.09. The molecule has 0 aliphatic carbocycles. The molecule has 0 saturated carbocycles. The summed E-state index contributed by atoms with van der Waals surface area (Å²) in [6.45, 7) is 8.19. The predicted octanol–water partition coefficient (Wildman–Crippen LogP) is 2.50. The summed E-state index contributed by atoms with van der Waals surface area (Å²) in [4.78, 5) is 38.6. The highest BCUT2D eigenvalue weighted by Gasteiger charge is 2.42. The maximum atomic E-state index is 13.1. The van der Waals surface area contributed by atoms with Crippen LogP contribution in [0.5, 0.6) is 0 Å². The van der Waals surface area contributed by atoms with E-state index >= 15 is 0 Å². The van der Waals surface area contributed by atoms with E-state index in [-0.39, 0.29) is 36.1 Å². The SMILES string of the molecule is CC(C)CC(=O)NC(C(=O)N1C[C@H](C(=O)O)[C@H](c2ccccc2)C1)C(C)C. The Hall–Kier alpha value is -2.37. The first-order valence-electron chi connectivity index (χ1n) is 9.56. The number of benzene rings is 1. The van der Waals surface area contributed by atoms with Crippen LogP contribution in [-0.4, -0.2) is 46.9 Å². The maximum Gasteiger partial charge on any atom is 0.308 e. The highest BCUT2D eigenvalue weighted by molar-refractivity contribution is 5.89. The standard InChI is InChI=1S/C21H30N2O4/c1-13(2)10-18(24)22-19(14(3)4)20(25)23-11-16(17(12-23)21(26)27)15-8-6-5-7-9-15/h5-9,13-14,16-17,19H,10-12H2,1-4H3,(H,22,24)(H,26,27)/t16-,17-,19?/m0/s1. The third-order valence-corrected chi connectivity index (χ3v) is 5.02. The molecule has 1 aromatic rings. The lowest BCUT2D eigenvalue weighted by molar-refractivity contribution is -0.142. The molecule has 1 aliphatic rings. The zero-order valence-electron chi connectivity index (χ0n) is 16.5. The number of rotatable bonds is 7. The molecule has 27 heavy (non-hydrogen) atoms. The van der Waals surface area contributed by atoms with E-state index in [0.29, 0.717) is 13.0 Å². The van der Waals surface area contributed by atoms with E-state index in [2.05, 4.69) is 5.32 Å². The van der Waals surface area contributed by atoms with E-state index in [9.17, 15) is 19.5 Å². The van der Waals surface area contributed by atoms with Crippen LogP contribution < -0.4 is 5.32 Å². The minimum atomic E-state index is -0.899. The van der Waals surface area contributed by atoms with Crippen molar-refractivity contribution in [3.8, 4) is 0 Å². The summed E-state index contributed by atoms with van der Waals surface area (Å²) in [5, 5.41) is 12.5. The summed E-state index contributed by atoms with van der Waals surface area (Å²) in [7, 11) is 0. The minimum absolute atomic E-state index is 0.0762. The van der Waals surface area contributed by atoms with E-state index in [1.54, 1.807) is 4.90 Å². The van der Waals surface area contributed by atoms with Crippen LogP contribution in [0.15, 0.2) is 30.3 Å². The molecule has 2 amide bonds. The number of likely N-dealkylation sites (tertiary alicyclic amines) is 1. The van der Waals surface area contributed by atoms with Crippen LogP contribution in [0.25, 0.3) is 0 Å². The molecule has 148 valence electrons. The first-order chi connectivity index (χ1) is 12.7. The van der Waals surface area contributed by atoms with Crippen molar-refractivity contribution in [2.75, 3.05) is 13.1 Å². The van der Waals surface area contributed by atoms with Gasteiger partial charge in [-0.05, 0) is 17.4 Å². The van der Waals surface area contributed by atoms with Crippen LogP contribution in [0, 0.1) is 17.8 Å². The van der Waals surface area contributed by atoms with E-state index < -0.39 is 17.9 Å². The number of nitrogens with one attached hydrogen (secondary N) is 1. The molecule has 0 bridgehead atoms. The highest BCUT2D eigenvalue weighted by Crippen LogP contribution is 2.33. The van der Waals surface area contributed by atoms with Gasteiger partial charge in [-0.15, -0.1) is 0 Å². The summed E-state index contributed by atoms with van der Waals surface area (Å²) in [5.74, 6) is -2.00. The van der Waals surface area contributed by atoms with Crippen molar-refractivity contribution < 1.29 is 19.5 Å². The molecular formula is C21H30N2O4. The van der Waals surface area contributed by atoms with Gasteiger partial charge in [-0.2, -0.15) is 0 Å². The normalized spacial score (nSPS) is 20.7. The lowest BCUT2D eigenvalue weighted by Gasteiger charge is -2.27. The molecule has 3 atom stereocenters. The first-order valence-corrected chi connectivity index (χ1v) is 9.56. The Bertz CT molecular complexity index is 672. The number of carbonyl (C=O) groups excluding carboxylic acids is 2. The number of aliphatic carboxylic acids is 1. The Labute approximate surface area is 160 Å². The number of carboxylic acid groups (broad SMARTS) is 1. The molecule has 2 N–H and O–H groups in total. The molecular weight excluding hydrogens is 344 g/mol. The van der Waals surface area contributed by atoms with Crippen LogP contribution in [-0.2, 0) is 14.4 Å². The Kier molecular flexibility index (Phi) is 6.99. The van der Waals surface area contributed by atoms with Crippen molar-refractivity contribution in [1.29, 1.82) is 0 Å². The maximum absolute atomic E-state index is 13.1. The summed E-state index contributed by atoms with van der Waals surface area (Å²) < 4.78 is 0. The molecule has 1 unspecified atom stereocenters. The third kappa shape index (κ3) is 5.31. The van der Waals surface area contributed by atoms with Gasteiger partial charge in [-0.3, -0.25) is 14.4 Å². The van der Waals surface area contributed by atoms with Crippen molar-refractivity contribution in [3.05, 3.63) is 35.9 Å². The van der Waals surface area contributed by atoms with Crippen LogP contribution in [0.1, 0.15) is 45.6 Å². The average molecular weight is 374 g/mol. The van der Waals surface area contributed by atoms with Crippen LogP contribution in [0.4, 0.5) is 0 Å². The Balaban J connectivity index is 2.16. The molecule has 0 spiro atoms. The summed E-state index contributed by atoms with van der Waals surface area (Å²) in [6, 6.07) is 8.80. The van der Waals surface area contributed by atoms with Gasteiger partial charge in [0.1, 0.15) is 6.04 Å². The van der Waals surface area contributed by atoms with E-state index in [4.69, 9.17) is 0 Å². The van der Waals surface area contributed by atoms with Crippen LogP contribution in [0.2, 0.25) is 0 Å². The van der Waals surface area contributed by atoms with Gasteiger partial charge in [0.05, 0.1) is 5.92 Å². The molecule has 0 radical (unpaired) electrons. The zero-order valence-corrected chi connectivity index (χ0v) is 16.5. The van der Waals surface area contributed by atoms with Crippen LogP contribution >= 0.6 is 0 Å². The molecule has 1 fully saturated rings. The second-order valence-electron chi connectivity index (χ2n) is 8.09. The molecule has 1 heterocycles. The third-order valence-electron chi connectivity index (χ3n) is 5.02. The lowest BCUT2D eigenvalue weighted by atomic mass is 9.89. The quantitative estimate of drug-likeness (QED) is 0.768. The van der Waals surface area contributed by atoms with Gasteiger partial charge in [0.2, 0.25) is 11.8 Å². The molecule has 2 rings (SSSR count). The van der Waals surface area contributed by atoms with Gasteiger partial charge < -0.3 is 15.3 Å². The fraction of sp³-hybridized carbons (Fsp3) is 0.571.